The molecule has 0 aliphatic carbocycles. The van der Waals surface area contributed by atoms with Crippen molar-refractivity contribution < 1.29 is 4.74 Å². The van der Waals surface area contributed by atoms with Crippen LogP contribution in [0.25, 0.3) is 32.7 Å². The SMILES string of the molecule is COc1cccc(Cc2c(-c3cccs3)nc3ncnc(N)c3c2-c2cccc(Br)c2)c1. The van der Waals surface area contributed by atoms with Crippen molar-refractivity contribution in [2.75, 3.05) is 12.8 Å². The van der Waals surface area contributed by atoms with Gasteiger partial charge in [-0.1, -0.05) is 46.3 Å². The number of aromatic nitrogens is 3. The Kier molecular flexibility index (Phi) is 5.59. The third-order valence-electron chi connectivity index (χ3n) is 5.29. The normalized spacial score (nSPS) is 11.1. The lowest BCUT2D eigenvalue weighted by Crippen LogP contribution is -2.04. The Bertz CT molecular complexity index is 1420. The summed E-state index contributed by atoms with van der Waals surface area (Å²) < 4.78 is 6.44. The third-order valence-corrected chi connectivity index (χ3v) is 6.66. The minimum absolute atomic E-state index is 0.419. The lowest BCUT2D eigenvalue weighted by Gasteiger charge is -2.18. The molecule has 0 bridgehead atoms. The molecule has 0 radical (unpaired) electrons. The van der Waals surface area contributed by atoms with E-state index in [-0.39, 0.29) is 0 Å². The van der Waals surface area contributed by atoms with Crippen LogP contribution in [-0.4, -0.2) is 22.1 Å². The van der Waals surface area contributed by atoms with Crippen LogP contribution in [0, 0.1) is 0 Å². The summed E-state index contributed by atoms with van der Waals surface area (Å²) in [4.78, 5) is 14.8. The number of methoxy groups -OCH3 is 1. The number of nitrogens with zero attached hydrogens (tertiary/aromatic N) is 3. The van der Waals surface area contributed by atoms with Crippen LogP contribution in [0.2, 0.25) is 0 Å². The first-order valence-corrected chi connectivity index (χ1v) is 11.7. The Morgan fingerprint density at radius 3 is 2.69 bits per heavy atom. The molecule has 0 spiro atoms. The lowest BCUT2D eigenvalue weighted by molar-refractivity contribution is 0.414. The molecule has 3 heterocycles. The van der Waals surface area contributed by atoms with Gasteiger partial charge in [-0.2, -0.15) is 0 Å². The number of benzene rings is 2. The number of hydrogen-bond acceptors (Lipinski definition) is 6. The monoisotopic (exact) mass is 502 g/mol. The molecule has 5 rings (SSSR count). The fourth-order valence-electron chi connectivity index (χ4n) is 3.90. The largest absolute Gasteiger partial charge is 0.497 e. The minimum Gasteiger partial charge on any atom is -0.497 e. The molecule has 2 aromatic carbocycles. The Hall–Kier alpha value is -3.29. The zero-order valence-corrected chi connectivity index (χ0v) is 19.7. The first-order chi connectivity index (χ1) is 15.6. The van der Waals surface area contributed by atoms with Gasteiger partial charge in [0.25, 0.3) is 0 Å². The molecule has 158 valence electrons. The summed E-state index contributed by atoms with van der Waals surface area (Å²) in [5, 5.41) is 2.83. The van der Waals surface area contributed by atoms with Crippen molar-refractivity contribution in [3.05, 3.63) is 88.0 Å². The molecule has 0 amide bonds. The zero-order chi connectivity index (χ0) is 22.1. The number of hydrogen-bond donors (Lipinski definition) is 1. The van der Waals surface area contributed by atoms with Crippen LogP contribution >= 0.6 is 27.3 Å². The van der Waals surface area contributed by atoms with Crippen LogP contribution in [-0.2, 0) is 6.42 Å². The Labute approximate surface area is 198 Å². The number of anilines is 1. The second-order valence-corrected chi connectivity index (χ2v) is 9.15. The molecule has 0 saturated heterocycles. The van der Waals surface area contributed by atoms with Crippen molar-refractivity contribution in [3.8, 4) is 27.4 Å². The van der Waals surface area contributed by atoms with E-state index in [2.05, 4.69) is 61.6 Å². The summed E-state index contributed by atoms with van der Waals surface area (Å²) in [6.07, 6.45) is 2.12. The van der Waals surface area contributed by atoms with E-state index in [0.29, 0.717) is 17.9 Å². The number of fused-ring (bicyclic) bond motifs is 1. The molecule has 0 atom stereocenters. The van der Waals surface area contributed by atoms with E-state index in [1.165, 1.54) is 6.33 Å². The molecular weight excluding hydrogens is 484 g/mol. The molecule has 2 N–H and O–H groups in total. The summed E-state index contributed by atoms with van der Waals surface area (Å²) in [5.41, 5.74) is 12.1. The Morgan fingerprint density at radius 2 is 1.91 bits per heavy atom. The minimum atomic E-state index is 0.419. The van der Waals surface area contributed by atoms with Crippen molar-refractivity contribution in [2.24, 2.45) is 0 Å². The summed E-state index contributed by atoms with van der Waals surface area (Å²) in [5.74, 6) is 1.24. The zero-order valence-electron chi connectivity index (χ0n) is 17.2. The standard InChI is InChI=1S/C25H19BrN4OS/c1-31-18-8-2-5-15(11-18)12-19-21(16-6-3-7-17(26)13-16)22-24(27)28-14-29-25(22)30-23(19)20-9-4-10-32-20/h2-11,13-14H,12H2,1H3,(H2,27,28,29,30). The number of ether oxygens (including phenoxy) is 1. The summed E-state index contributed by atoms with van der Waals surface area (Å²) in [6.45, 7) is 0. The molecule has 0 unspecified atom stereocenters. The summed E-state index contributed by atoms with van der Waals surface area (Å²) >= 11 is 5.27. The van der Waals surface area contributed by atoms with Gasteiger partial charge < -0.3 is 10.5 Å². The summed E-state index contributed by atoms with van der Waals surface area (Å²) in [7, 11) is 1.68. The molecule has 5 nitrogen and oxygen atoms in total. The molecule has 0 aliphatic heterocycles. The van der Waals surface area contributed by atoms with E-state index in [1.807, 2.05) is 30.3 Å². The topological polar surface area (TPSA) is 73.9 Å². The number of thiophene rings is 1. The first kappa shape index (κ1) is 20.6. The third kappa shape index (κ3) is 3.85. The highest BCUT2D eigenvalue weighted by Gasteiger charge is 2.22. The highest BCUT2D eigenvalue weighted by molar-refractivity contribution is 9.10. The van der Waals surface area contributed by atoms with Gasteiger partial charge in [0, 0.05) is 16.5 Å². The van der Waals surface area contributed by atoms with Crippen molar-refractivity contribution in [1.82, 2.24) is 15.0 Å². The van der Waals surface area contributed by atoms with Crippen LogP contribution in [0.4, 0.5) is 5.82 Å². The molecule has 32 heavy (non-hydrogen) atoms. The van der Waals surface area contributed by atoms with Crippen LogP contribution < -0.4 is 10.5 Å². The van der Waals surface area contributed by atoms with E-state index in [0.717, 1.165) is 48.4 Å². The van der Waals surface area contributed by atoms with Gasteiger partial charge in [-0.05, 0) is 52.4 Å². The first-order valence-electron chi connectivity index (χ1n) is 10.00. The predicted octanol–water partition coefficient (Wildman–Crippen LogP) is 6.36. The molecule has 0 aliphatic rings. The van der Waals surface area contributed by atoms with E-state index in [1.54, 1.807) is 18.4 Å². The van der Waals surface area contributed by atoms with Crippen LogP contribution in [0.3, 0.4) is 0 Å². The van der Waals surface area contributed by atoms with Gasteiger partial charge in [-0.25, -0.2) is 15.0 Å². The fraction of sp³-hybridized carbons (Fsp3) is 0.0800. The number of rotatable bonds is 5. The quantitative estimate of drug-likeness (QED) is 0.302. The van der Waals surface area contributed by atoms with E-state index in [9.17, 15) is 0 Å². The van der Waals surface area contributed by atoms with Gasteiger partial charge in [0.1, 0.15) is 17.9 Å². The molecule has 0 fully saturated rings. The number of halogens is 1. The van der Waals surface area contributed by atoms with Crippen molar-refractivity contribution in [3.63, 3.8) is 0 Å². The fourth-order valence-corrected chi connectivity index (χ4v) is 5.04. The van der Waals surface area contributed by atoms with Crippen molar-refractivity contribution >= 4 is 44.1 Å². The average molecular weight is 503 g/mol. The second-order valence-electron chi connectivity index (χ2n) is 7.29. The van der Waals surface area contributed by atoms with Gasteiger partial charge in [-0.15, -0.1) is 11.3 Å². The number of pyridine rings is 1. The number of nitrogens with two attached hydrogens (primary N) is 1. The van der Waals surface area contributed by atoms with Crippen LogP contribution in [0.15, 0.2) is 76.8 Å². The second kappa shape index (κ2) is 8.68. The van der Waals surface area contributed by atoms with Gasteiger partial charge in [0.15, 0.2) is 5.65 Å². The maximum absolute atomic E-state index is 6.39. The highest BCUT2D eigenvalue weighted by atomic mass is 79.9. The molecule has 0 saturated carbocycles. The van der Waals surface area contributed by atoms with E-state index < -0.39 is 0 Å². The van der Waals surface area contributed by atoms with E-state index >= 15 is 0 Å². The van der Waals surface area contributed by atoms with Crippen molar-refractivity contribution in [1.29, 1.82) is 0 Å². The average Bonchev–Trinajstić information content (AvgIpc) is 3.34. The number of nitrogen functional groups attached to an aromatic ring is 1. The Balaban J connectivity index is 1.87. The smallest absolute Gasteiger partial charge is 0.165 e. The summed E-state index contributed by atoms with van der Waals surface area (Å²) in [6, 6.07) is 20.4. The van der Waals surface area contributed by atoms with Crippen LogP contribution in [0.5, 0.6) is 5.75 Å². The maximum atomic E-state index is 6.39. The molecule has 5 aromatic rings. The van der Waals surface area contributed by atoms with Gasteiger partial charge in [0.2, 0.25) is 0 Å². The molecule has 7 heteroatoms. The highest BCUT2D eigenvalue weighted by Crippen LogP contribution is 2.41. The predicted molar refractivity (Wildman–Crippen MR) is 134 cm³/mol. The van der Waals surface area contributed by atoms with Gasteiger partial charge >= 0.3 is 0 Å². The van der Waals surface area contributed by atoms with Gasteiger partial charge in [-0.3, -0.25) is 0 Å². The maximum Gasteiger partial charge on any atom is 0.165 e. The van der Waals surface area contributed by atoms with E-state index in [4.69, 9.17) is 15.5 Å². The Morgan fingerprint density at radius 1 is 1.03 bits per heavy atom. The van der Waals surface area contributed by atoms with Crippen LogP contribution in [0.1, 0.15) is 11.1 Å². The molecular formula is C25H19BrN4OS. The lowest BCUT2D eigenvalue weighted by atomic mass is 9.91. The van der Waals surface area contributed by atoms with Crippen molar-refractivity contribution in [2.45, 2.75) is 6.42 Å². The van der Waals surface area contributed by atoms with Gasteiger partial charge in [0.05, 0.1) is 23.1 Å². The molecule has 3 aromatic heterocycles.